The second-order valence-corrected chi connectivity index (χ2v) is 7.08. The number of benzene rings is 1. The van der Waals surface area contributed by atoms with E-state index in [-0.39, 0.29) is 16.5 Å². The molecule has 0 spiro atoms. The first-order valence-electron chi connectivity index (χ1n) is 6.80. The van der Waals surface area contributed by atoms with Gasteiger partial charge in [0.15, 0.2) is 0 Å². The Labute approximate surface area is 132 Å². The first kappa shape index (κ1) is 18.0. The van der Waals surface area contributed by atoms with Crippen LogP contribution < -0.4 is 10.5 Å². The summed E-state index contributed by atoms with van der Waals surface area (Å²) < 4.78 is 27.6. The van der Waals surface area contributed by atoms with Crippen molar-refractivity contribution in [3.8, 4) is 11.8 Å². The molecule has 0 aliphatic rings. The third kappa shape index (κ3) is 4.72. The largest absolute Gasteiger partial charge is 0.320 e. The minimum Gasteiger partial charge on any atom is -0.320 e. The van der Waals surface area contributed by atoms with Gasteiger partial charge in [-0.1, -0.05) is 37.3 Å². The van der Waals surface area contributed by atoms with Crippen LogP contribution in [0.4, 0.5) is 0 Å². The number of halogens is 1. The number of nitrogens with two attached hydrogens (primary N) is 1. The van der Waals surface area contributed by atoms with Crippen LogP contribution in [0.15, 0.2) is 23.1 Å². The van der Waals surface area contributed by atoms with E-state index < -0.39 is 15.6 Å². The van der Waals surface area contributed by atoms with Crippen LogP contribution in [0.25, 0.3) is 0 Å². The molecule has 0 radical (unpaired) electrons. The average molecular weight is 329 g/mol. The van der Waals surface area contributed by atoms with Crippen molar-refractivity contribution in [2.24, 2.45) is 5.73 Å². The molecule has 1 aromatic carbocycles. The molecule has 21 heavy (non-hydrogen) atoms. The van der Waals surface area contributed by atoms with E-state index in [2.05, 4.69) is 16.6 Å². The monoisotopic (exact) mass is 328 g/mol. The lowest BCUT2D eigenvalue weighted by atomic mass is 9.98. The predicted octanol–water partition coefficient (Wildman–Crippen LogP) is 2.51. The van der Waals surface area contributed by atoms with Crippen molar-refractivity contribution in [3.05, 3.63) is 28.8 Å². The molecule has 0 bridgehead atoms. The molecule has 0 aliphatic heterocycles. The molecule has 4 nitrogen and oxygen atoms in total. The third-order valence-electron chi connectivity index (χ3n) is 3.50. The second-order valence-electron chi connectivity index (χ2n) is 5.02. The van der Waals surface area contributed by atoms with Crippen LogP contribution in [0.3, 0.4) is 0 Å². The fourth-order valence-electron chi connectivity index (χ4n) is 1.72. The van der Waals surface area contributed by atoms with Crippen molar-refractivity contribution in [1.82, 2.24) is 4.72 Å². The Bertz CT molecular complexity index is 656. The van der Waals surface area contributed by atoms with Crippen LogP contribution in [0.1, 0.15) is 39.2 Å². The maximum absolute atomic E-state index is 12.5. The van der Waals surface area contributed by atoms with Crippen LogP contribution in [-0.4, -0.2) is 20.5 Å². The predicted molar refractivity (Wildman–Crippen MR) is 86.7 cm³/mol. The zero-order valence-electron chi connectivity index (χ0n) is 12.5. The normalized spacial score (nSPS) is 11.9. The Hall–Kier alpha value is -1.06. The van der Waals surface area contributed by atoms with E-state index in [4.69, 9.17) is 17.3 Å². The summed E-state index contributed by atoms with van der Waals surface area (Å²) in [6, 6.07) is 4.63. The van der Waals surface area contributed by atoms with Gasteiger partial charge < -0.3 is 5.73 Å². The molecule has 0 atom stereocenters. The fraction of sp³-hybridized carbons (Fsp3) is 0.467. The summed E-state index contributed by atoms with van der Waals surface area (Å²) in [6.07, 6.45) is 1.39. The average Bonchev–Trinajstić information content (AvgIpc) is 2.44. The first-order valence-corrected chi connectivity index (χ1v) is 8.66. The van der Waals surface area contributed by atoms with Crippen molar-refractivity contribution in [2.75, 3.05) is 6.54 Å². The van der Waals surface area contributed by atoms with Crippen molar-refractivity contribution >= 4 is 21.6 Å². The molecule has 1 aromatic rings. The molecule has 116 valence electrons. The fourth-order valence-corrected chi connectivity index (χ4v) is 3.82. The lowest BCUT2D eigenvalue weighted by Crippen LogP contribution is -2.44. The lowest BCUT2D eigenvalue weighted by molar-refractivity contribution is 0.388. The summed E-state index contributed by atoms with van der Waals surface area (Å²) in [4.78, 5) is 0.0654. The van der Waals surface area contributed by atoms with E-state index in [1.807, 2.05) is 20.8 Å². The second kappa shape index (κ2) is 7.28. The Morgan fingerprint density at radius 3 is 2.43 bits per heavy atom. The van der Waals surface area contributed by atoms with Crippen molar-refractivity contribution in [3.63, 3.8) is 0 Å². The molecule has 0 saturated carbocycles. The Balaban J connectivity index is 3.15. The Kier molecular flexibility index (Phi) is 6.24. The van der Waals surface area contributed by atoms with E-state index in [0.29, 0.717) is 18.4 Å². The Morgan fingerprint density at radius 2 is 1.95 bits per heavy atom. The maximum atomic E-state index is 12.5. The van der Waals surface area contributed by atoms with E-state index in [1.54, 1.807) is 6.07 Å². The number of hydrogen-bond acceptors (Lipinski definition) is 3. The third-order valence-corrected chi connectivity index (χ3v) is 5.62. The number of nitrogens with one attached hydrogen (secondary N) is 1. The van der Waals surface area contributed by atoms with Crippen LogP contribution >= 0.6 is 11.6 Å². The van der Waals surface area contributed by atoms with Crippen molar-refractivity contribution in [1.29, 1.82) is 0 Å². The van der Waals surface area contributed by atoms with Crippen LogP contribution in [-0.2, 0) is 10.0 Å². The number of rotatable bonds is 5. The molecule has 0 aromatic heterocycles. The summed E-state index contributed by atoms with van der Waals surface area (Å²) in [7, 11) is -3.66. The van der Waals surface area contributed by atoms with Gasteiger partial charge in [-0.15, -0.1) is 0 Å². The quantitative estimate of drug-likeness (QED) is 0.816. The molecule has 0 aliphatic carbocycles. The highest BCUT2D eigenvalue weighted by molar-refractivity contribution is 7.89. The topological polar surface area (TPSA) is 72.2 Å². The summed E-state index contributed by atoms with van der Waals surface area (Å²) in [5.41, 5.74) is 5.45. The molecule has 0 amide bonds. The number of hydrogen-bond donors (Lipinski definition) is 2. The van der Waals surface area contributed by atoms with Gasteiger partial charge in [-0.05, 0) is 38.0 Å². The van der Waals surface area contributed by atoms with Gasteiger partial charge in [0.05, 0.1) is 11.6 Å². The molecule has 0 heterocycles. The summed E-state index contributed by atoms with van der Waals surface area (Å²) in [5.74, 6) is 5.52. The highest BCUT2D eigenvalue weighted by Crippen LogP contribution is 2.25. The first-order chi connectivity index (χ1) is 9.78. The Morgan fingerprint density at radius 1 is 1.33 bits per heavy atom. The summed E-state index contributed by atoms with van der Waals surface area (Å²) in [6.45, 7) is 6.00. The molecule has 1 rings (SSSR count). The summed E-state index contributed by atoms with van der Waals surface area (Å²) in [5, 5.41) is 0.154. The molecule has 0 saturated heterocycles. The van der Waals surface area contributed by atoms with Gasteiger partial charge in [0.2, 0.25) is 10.0 Å². The minimum atomic E-state index is -3.66. The van der Waals surface area contributed by atoms with Crippen LogP contribution in [0.5, 0.6) is 0 Å². The molecule has 0 fully saturated rings. The maximum Gasteiger partial charge on any atom is 0.242 e. The van der Waals surface area contributed by atoms with Gasteiger partial charge in [0.1, 0.15) is 4.90 Å². The molecular weight excluding hydrogens is 308 g/mol. The minimum absolute atomic E-state index is 0.0654. The molecular formula is C15H21ClN2O2S. The zero-order valence-corrected chi connectivity index (χ0v) is 14.1. The van der Waals surface area contributed by atoms with Crippen LogP contribution in [0.2, 0.25) is 5.02 Å². The molecule has 6 heteroatoms. The van der Waals surface area contributed by atoms with Gasteiger partial charge >= 0.3 is 0 Å². The van der Waals surface area contributed by atoms with Gasteiger partial charge in [0.25, 0.3) is 0 Å². The van der Waals surface area contributed by atoms with E-state index in [1.165, 1.54) is 12.1 Å². The van der Waals surface area contributed by atoms with Crippen molar-refractivity contribution in [2.45, 2.75) is 44.0 Å². The number of sulfonamides is 1. The van der Waals surface area contributed by atoms with Gasteiger partial charge in [-0.3, -0.25) is 0 Å². The van der Waals surface area contributed by atoms with E-state index in [0.717, 1.165) is 0 Å². The van der Waals surface area contributed by atoms with Gasteiger partial charge in [0, 0.05) is 11.1 Å². The van der Waals surface area contributed by atoms with Crippen molar-refractivity contribution < 1.29 is 8.42 Å². The lowest BCUT2D eigenvalue weighted by Gasteiger charge is -2.28. The standard InChI is InChI=1S/C15H21ClN2O2S/c1-4-15(3,5-2)18-21(19,20)14-9-8-12(7-6-10-17)11-13(14)16/h8-9,11,18H,4-5,10,17H2,1-3H3. The highest BCUT2D eigenvalue weighted by Gasteiger charge is 2.28. The SMILES string of the molecule is CCC(C)(CC)NS(=O)(=O)c1ccc(C#CCN)cc1Cl. The molecule has 0 unspecified atom stereocenters. The van der Waals surface area contributed by atoms with Gasteiger partial charge in [-0.25, -0.2) is 13.1 Å². The van der Waals surface area contributed by atoms with E-state index in [9.17, 15) is 8.42 Å². The zero-order chi connectivity index (χ0) is 16.1. The summed E-state index contributed by atoms with van der Waals surface area (Å²) >= 11 is 6.09. The van der Waals surface area contributed by atoms with Gasteiger partial charge in [-0.2, -0.15) is 0 Å². The van der Waals surface area contributed by atoms with Crippen LogP contribution in [0, 0.1) is 11.8 Å². The molecule has 3 N–H and O–H groups in total. The van der Waals surface area contributed by atoms with E-state index >= 15 is 0 Å². The smallest absolute Gasteiger partial charge is 0.242 e. The highest BCUT2D eigenvalue weighted by atomic mass is 35.5.